The molecule has 0 spiro atoms. The van der Waals surface area contributed by atoms with E-state index >= 15 is 0 Å². The highest BCUT2D eigenvalue weighted by Crippen LogP contribution is 2.61. The molecule has 0 aliphatic carbocycles. The fraction of sp³-hybridized carbons (Fsp3) is 0.812. The number of rotatable bonds is 15. The van der Waals surface area contributed by atoms with Crippen molar-refractivity contribution in [2.75, 3.05) is 6.61 Å². The van der Waals surface area contributed by atoms with Crippen LogP contribution in [0.15, 0.2) is 12.2 Å². The molecule has 0 N–H and O–H groups in total. The summed E-state index contributed by atoms with van der Waals surface area (Å²) < 4.78 is 309. The van der Waals surface area contributed by atoms with Gasteiger partial charge in [-0.25, -0.2) is 19.0 Å². The molecular weight excluding hydrogens is 709 g/mol. The van der Waals surface area contributed by atoms with Crippen molar-refractivity contribution in [3.8, 4) is 0 Å². The van der Waals surface area contributed by atoms with Crippen LogP contribution in [0.1, 0.15) is 6.92 Å². The van der Waals surface area contributed by atoms with Crippen LogP contribution in [0, 0.1) is 0 Å². The number of hydrogen-bond acceptors (Lipinski definition) is 5. The van der Waals surface area contributed by atoms with Crippen LogP contribution in [0.25, 0.3) is 0 Å². The standard InChI is InChI=1S/C16H7F23O5/c1-4(2)5(40)41-3-6(17,18)42-13(32,33)14(34,35)44-16(38,39)15(36,37)43-12(30,31)10(25,26)8(21,22)7(19,20)9(23,24)11(27,28)29/h1,3H2,2H3. The minimum absolute atomic E-state index is 0.714. The lowest BCUT2D eigenvalue weighted by Gasteiger charge is -2.40. The predicted octanol–water partition coefficient (Wildman–Crippen LogP) is 7.82. The van der Waals surface area contributed by atoms with E-state index in [1.54, 1.807) is 0 Å². The van der Waals surface area contributed by atoms with Crippen molar-refractivity contribution >= 4 is 5.97 Å². The second kappa shape index (κ2) is 11.4. The smallest absolute Gasteiger partial charge is 0.453 e. The molecule has 0 atom stereocenters. The van der Waals surface area contributed by atoms with E-state index in [-0.39, 0.29) is 0 Å². The molecule has 44 heavy (non-hydrogen) atoms. The number of carbonyl (C=O) groups is 1. The largest absolute Gasteiger partial charge is 0.460 e. The van der Waals surface area contributed by atoms with E-state index in [9.17, 15) is 106 Å². The summed E-state index contributed by atoms with van der Waals surface area (Å²) in [5, 5.41) is 0. The quantitative estimate of drug-likeness (QED) is 0.0984. The summed E-state index contributed by atoms with van der Waals surface area (Å²) in [5.74, 6) is -36.9. The van der Waals surface area contributed by atoms with Gasteiger partial charge in [-0.3, -0.25) is 0 Å². The Hall–Kier alpha value is -2.52. The number of esters is 1. The zero-order valence-corrected chi connectivity index (χ0v) is 19.6. The fourth-order valence-corrected chi connectivity index (χ4v) is 1.87. The number of halogens is 23. The van der Waals surface area contributed by atoms with Gasteiger partial charge in [0.25, 0.3) is 0 Å². The van der Waals surface area contributed by atoms with Crippen LogP contribution in [0.3, 0.4) is 0 Å². The second-order valence-electron chi connectivity index (χ2n) is 7.68. The first-order valence-corrected chi connectivity index (χ1v) is 9.48. The average molecular weight is 716 g/mol. The van der Waals surface area contributed by atoms with Gasteiger partial charge in [0.05, 0.1) is 0 Å². The topological polar surface area (TPSA) is 54.0 Å². The summed E-state index contributed by atoms with van der Waals surface area (Å²) in [6.07, 6.45) is -53.9. The van der Waals surface area contributed by atoms with Crippen molar-refractivity contribution in [2.45, 2.75) is 73.4 Å². The van der Waals surface area contributed by atoms with Crippen LogP contribution in [0.5, 0.6) is 0 Å². The molecular formula is C16H7F23O5. The van der Waals surface area contributed by atoms with Crippen molar-refractivity contribution < 1.29 is 125 Å². The molecule has 0 aromatic heterocycles. The molecule has 0 rings (SSSR count). The van der Waals surface area contributed by atoms with Gasteiger partial charge in [-0.2, -0.15) is 101 Å². The molecule has 0 heterocycles. The van der Waals surface area contributed by atoms with Crippen LogP contribution in [0.2, 0.25) is 0 Å². The van der Waals surface area contributed by atoms with Crippen LogP contribution < -0.4 is 0 Å². The third-order valence-electron chi connectivity index (χ3n) is 4.09. The van der Waals surface area contributed by atoms with Crippen molar-refractivity contribution in [3.63, 3.8) is 0 Å². The van der Waals surface area contributed by atoms with Gasteiger partial charge < -0.3 is 4.74 Å². The Morgan fingerprint density at radius 3 is 1.09 bits per heavy atom. The molecule has 0 radical (unpaired) electrons. The first-order valence-electron chi connectivity index (χ1n) is 9.48. The summed E-state index contributed by atoms with van der Waals surface area (Å²) in [6, 6.07) is 0. The van der Waals surface area contributed by atoms with E-state index < -0.39 is 84.7 Å². The number of ether oxygens (including phenoxy) is 4. The van der Waals surface area contributed by atoms with Gasteiger partial charge in [-0.15, -0.1) is 0 Å². The normalized spacial score (nSPS) is 15.8. The second-order valence-corrected chi connectivity index (χ2v) is 7.68. The van der Waals surface area contributed by atoms with Gasteiger partial charge in [-0.05, 0) is 6.92 Å². The molecule has 5 nitrogen and oxygen atoms in total. The number of hydrogen-bond donors (Lipinski definition) is 0. The molecule has 0 fully saturated rings. The zero-order chi connectivity index (χ0) is 36.2. The Bertz CT molecular complexity index is 1060. The van der Waals surface area contributed by atoms with E-state index in [2.05, 4.69) is 11.3 Å². The molecule has 28 heteroatoms. The molecule has 0 saturated heterocycles. The highest BCUT2D eigenvalue weighted by molar-refractivity contribution is 5.86. The molecule has 0 aromatic carbocycles. The van der Waals surface area contributed by atoms with E-state index in [4.69, 9.17) is 0 Å². The molecule has 0 aromatic rings. The lowest BCUT2D eigenvalue weighted by Crippen LogP contribution is -2.71. The lowest BCUT2D eigenvalue weighted by molar-refractivity contribution is -0.570. The average Bonchev–Trinajstić information content (AvgIpc) is 2.73. The maximum atomic E-state index is 13.4. The van der Waals surface area contributed by atoms with Crippen LogP contribution in [0.4, 0.5) is 101 Å². The molecule has 0 aliphatic rings. The van der Waals surface area contributed by atoms with Gasteiger partial charge in [0, 0.05) is 5.57 Å². The molecule has 0 aliphatic heterocycles. The highest BCUT2D eigenvalue weighted by Gasteiger charge is 2.92. The molecule has 262 valence electrons. The van der Waals surface area contributed by atoms with E-state index in [0.717, 1.165) is 4.74 Å². The van der Waals surface area contributed by atoms with E-state index in [1.807, 2.05) is 4.74 Å². The monoisotopic (exact) mass is 716 g/mol. The molecule has 0 unspecified atom stereocenters. The molecule has 0 amide bonds. The third kappa shape index (κ3) is 7.47. The number of alkyl halides is 23. The van der Waals surface area contributed by atoms with E-state index in [1.165, 1.54) is 4.74 Å². The summed E-state index contributed by atoms with van der Waals surface area (Å²) in [6.45, 7) is 0.649. The fourth-order valence-electron chi connectivity index (χ4n) is 1.87. The summed E-state index contributed by atoms with van der Waals surface area (Å²) >= 11 is 0. The van der Waals surface area contributed by atoms with Crippen LogP contribution in [-0.4, -0.2) is 79.1 Å². The van der Waals surface area contributed by atoms with Crippen LogP contribution >= 0.6 is 0 Å². The Labute approximate surface area is 224 Å². The summed E-state index contributed by atoms with van der Waals surface area (Å²) in [4.78, 5) is 10.9. The van der Waals surface area contributed by atoms with E-state index in [0.29, 0.717) is 6.92 Å². The summed E-state index contributed by atoms with van der Waals surface area (Å²) in [7, 11) is 0. The highest BCUT2D eigenvalue weighted by atomic mass is 19.4. The maximum Gasteiger partial charge on any atom is 0.460 e. The number of carbonyl (C=O) groups excluding carboxylic acids is 1. The predicted molar refractivity (Wildman–Crippen MR) is 84.6 cm³/mol. The van der Waals surface area contributed by atoms with Crippen molar-refractivity contribution in [3.05, 3.63) is 12.2 Å². The summed E-state index contributed by atoms with van der Waals surface area (Å²) in [5.41, 5.74) is -0.777. The molecule has 0 bridgehead atoms. The van der Waals surface area contributed by atoms with Crippen LogP contribution in [-0.2, 0) is 23.7 Å². The first kappa shape index (κ1) is 41.5. The minimum atomic E-state index is -8.93. The van der Waals surface area contributed by atoms with Crippen molar-refractivity contribution in [1.82, 2.24) is 0 Å². The van der Waals surface area contributed by atoms with Gasteiger partial charge in [0.1, 0.15) is 0 Å². The lowest BCUT2D eigenvalue weighted by atomic mass is 9.97. The third-order valence-corrected chi connectivity index (χ3v) is 4.09. The maximum absolute atomic E-state index is 13.4. The molecule has 0 saturated carbocycles. The SMILES string of the molecule is C=C(C)C(=O)OCC(F)(F)OC(F)(F)C(F)(F)OC(F)(F)C(F)(F)OC(F)(F)C(F)(F)C(F)(F)C(F)(F)C(F)(F)C(F)(F)F. The van der Waals surface area contributed by atoms with Gasteiger partial charge in [0.15, 0.2) is 6.61 Å². The Morgan fingerprint density at radius 2 is 0.773 bits per heavy atom. The first-order chi connectivity index (χ1) is 18.7. The van der Waals surface area contributed by atoms with Gasteiger partial charge >= 0.3 is 72.5 Å². The van der Waals surface area contributed by atoms with Crippen molar-refractivity contribution in [1.29, 1.82) is 0 Å². The van der Waals surface area contributed by atoms with Gasteiger partial charge in [0.2, 0.25) is 0 Å². The van der Waals surface area contributed by atoms with Gasteiger partial charge in [-0.1, -0.05) is 6.58 Å². The zero-order valence-electron chi connectivity index (χ0n) is 19.6. The Kier molecular flexibility index (Phi) is 10.7. The minimum Gasteiger partial charge on any atom is -0.453 e. The van der Waals surface area contributed by atoms with Crippen molar-refractivity contribution in [2.24, 2.45) is 0 Å². The Balaban J connectivity index is 6.34. The Morgan fingerprint density at radius 1 is 0.477 bits per heavy atom.